The zero-order valence-electron chi connectivity index (χ0n) is 15.5. The number of hydrogen-bond acceptors (Lipinski definition) is 4. The fourth-order valence-corrected chi connectivity index (χ4v) is 3.76. The van der Waals surface area contributed by atoms with Crippen LogP contribution in [0.2, 0.25) is 0 Å². The molecule has 1 fully saturated rings. The number of methoxy groups -OCH3 is 2. The summed E-state index contributed by atoms with van der Waals surface area (Å²) in [5, 5.41) is 9.28. The van der Waals surface area contributed by atoms with Crippen molar-refractivity contribution < 1.29 is 23.8 Å². The van der Waals surface area contributed by atoms with Gasteiger partial charge in [-0.1, -0.05) is 24.3 Å². The van der Waals surface area contributed by atoms with Crippen molar-refractivity contribution in [3.05, 3.63) is 59.4 Å². The summed E-state index contributed by atoms with van der Waals surface area (Å²) in [6.45, 7) is 1.28. The normalized spacial score (nSPS) is 16.7. The monoisotopic (exact) mass is 373 g/mol. The second kappa shape index (κ2) is 8.39. The van der Waals surface area contributed by atoms with Gasteiger partial charge in [-0.25, -0.2) is 4.39 Å². The zero-order chi connectivity index (χ0) is 19.4. The lowest BCUT2D eigenvalue weighted by atomic mass is 9.90. The first kappa shape index (κ1) is 19.2. The molecule has 1 aliphatic rings. The van der Waals surface area contributed by atoms with Gasteiger partial charge in [-0.05, 0) is 49.7 Å². The Morgan fingerprint density at radius 2 is 1.78 bits per heavy atom. The molecule has 1 N–H and O–H groups in total. The average molecular weight is 373 g/mol. The summed E-state index contributed by atoms with van der Waals surface area (Å²) in [5.41, 5.74) is 1.84. The maximum atomic E-state index is 13.5. The van der Waals surface area contributed by atoms with E-state index in [9.17, 15) is 14.3 Å². The van der Waals surface area contributed by atoms with Crippen molar-refractivity contribution in [2.75, 3.05) is 27.3 Å². The molecule has 0 aromatic heterocycles. The highest BCUT2D eigenvalue weighted by Gasteiger charge is 2.32. The van der Waals surface area contributed by atoms with Crippen molar-refractivity contribution >= 4 is 5.97 Å². The second-order valence-corrected chi connectivity index (χ2v) is 6.69. The number of aliphatic carboxylic acids is 1. The molecule has 0 spiro atoms. The average Bonchev–Trinajstić information content (AvgIpc) is 2.69. The minimum absolute atomic E-state index is 0.176. The van der Waals surface area contributed by atoms with Crippen LogP contribution in [-0.4, -0.2) is 43.3 Å². The van der Waals surface area contributed by atoms with E-state index in [2.05, 4.69) is 4.90 Å². The third-order valence-corrected chi connectivity index (χ3v) is 5.16. The van der Waals surface area contributed by atoms with Crippen LogP contribution in [0, 0.1) is 11.7 Å². The number of rotatable bonds is 6. The molecule has 3 rings (SSSR count). The number of benzene rings is 2. The van der Waals surface area contributed by atoms with E-state index >= 15 is 0 Å². The number of ether oxygens (including phenoxy) is 2. The van der Waals surface area contributed by atoms with Crippen molar-refractivity contribution in [1.29, 1.82) is 0 Å². The quantitative estimate of drug-likeness (QED) is 0.836. The number of likely N-dealkylation sites (tertiary alicyclic amines) is 1. The zero-order valence-corrected chi connectivity index (χ0v) is 15.5. The smallest absolute Gasteiger partial charge is 0.306 e. The number of nitrogens with zero attached hydrogens (tertiary/aromatic N) is 1. The molecule has 0 radical (unpaired) electrons. The number of carbonyl (C=O) groups is 1. The number of carboxylic acid groups (broad SMARTS) is 1. The predicted molar refractivity (Wildman–Crippen MR) is 99.7 cm³/mol. The highest BCUT2D eigenvalue weighted by Crippen LogP contribution is 2.41. The fourth-order valence-electron chi connectivity index (χ4n) is 3.76. The molecule has 0 amide bonds. The van der Waals surface area contributed by atoms with Gasteiger partial charge in [0.1, 0.15) is 5.82 Å². The van der Waals surface area contributed by atoms with Gasteiger partial charge >= 0.3 is 5.97 Å². The summed E-state index contributed by atoms with van der Waals surface area (Å²) in [5.74, 6) is -0.0915. The van der Waals surface area contributed by atoms with Gasteiger partial charge < -0.3 is 14.6 Å². The molecule has 2 aromatic rings. The van der Waals surface area contributed by atoms with Crippen molar-refractivity contribution in [1.82, 2.24) is 4.90 Å². The molecule has 0 saturated carbocycles. The lowest BCUT2D eigenvalue weighted by Crippen LogP contribution is -2.39. The topological polar surface area (TPSA) is 59.0 Å². The first-order chi connectivity index (χ1) is 13.0. The molecule has 2 aromatic carbocycles. The summed E-state index contributed by atoms with van der Waals surface area (Å²) in [6, 6.07) is 11.9. The molecular formula is C21H24FNO4. The summed E-state index contributed by atoms with van der Waals surface area (Å²) < 4.78 is 24.5. The Morgan fingerprint density at radius 3 is 2.33 bits per heavy atom. The van der Waals surface area contributed by atoms with E-state index in [1.165, 1.54) is 12.1 Å². The molecule has 144 valence electrons. The molecule has 0 aliphatic carbocycles. The Balaban J connectivity index is 2.02. The van der Waals surface area contributed by atoms with Crippen LogP contribution in [0.5, 0.6) is 11.5 Å². The van der Waals surface area contributed by atoms with Crippen LogP contribution < -0.4 is 9.47 Å². The van der Waals surface area contributed by atoms with Gasteiger partial charge in [0.2, 0.25) is 0 Å². The first-order valence-electron chi connectivity index (χ1n) is 8.98. The van der Waals surface area contributed by atoms with Crippen LogP contribution in [0.15, 0.2) is 42.5 Å². The Bertz CT molecular complexity index is 785. The maximum Gasteiger partial charge on any atom is 0.306 e. The minimum Gasteiger partial charge on any atom is -0.493 e. The fraction of sp³-hybridized carbons (Fsp3) is 0.381. The van der Waals surface area contributed by atoms with Crippen LogP contribution in [0.1, 0.15) is 30.0 Å². The first-order valence-corrected chi connectivity index (χ1v) is 8.98. The van der Waals surface area contributed by atoms with Gasteiger partial charge in [0.15, 0.2) is 11.5 Å². The lowest BCUT2D eigenvalue weighted by Gasteiger charge is -2.37. The van der Waals surface area contributed by atoms with Gasteiger partial charge in [-0.15, -0.1) is 0 Å². The van der Waals surface area contributed by atoms with E-state index in [0.717, 1.165) is 11.1 Å². The summed E-state index contributed by atoms with van der Waals surface area (Å²) in [6.07, 6.45) is 1.17. The molecule has 6 heteroatoms. The third kappa shape index (κ3) is 4.06. The summed E-state index contributed by atoms with van der Waals surface area (Å²) >= 11 is 0. The molecule has 0 bridgehead atoms. The van der Waals surface area contributed by atoms with Crippen molar-refractivity contribution in [2.24, 2.45) is 5.92 Å². The Hall–Kier alpha value is -2.60. The van der Waals surface area contributed by atoms with Crippen molar-refractivity contribution in [3.63, 3.8) is 0 Å². The standard InChI is InChI=1S/C21H24FNO4/c1-26-18-5-3-4-17(20(18)27-2)19(14-6-8-16(22)9-7-14)23-12-10-15(11-13-23)21(24)25/h3-9,15,19H,10-13H2,1-2H3,(H,24,25). The molecule has 1 aliphatic heterocycles. The van der Waals surface area contributed by atoms with E-state index in [-0.39, 0.29) is 17.8 Å². The van der Waals surface area contributed by atoms with Gasteiger partial charge in [-0.3, -0.25) is 9.69 Å². The second-order valence-electron chi connectivity index (χ2n) is 6.69. The highest BCUT2D eigenvalue weighted by atomic mass is 19.1. The molecule has 5 nitrogen and oxygen atoms in total. The predicted octanol–water partition coefficient (Wildman–Crippen LogP) is 3.73. The van der Waals surface area contributed by atoms with E-state index in [0.29, 0.717) is 37.4 Å². The van der Waals surface area contributed by atoms with Crippen molar-refractivity contribution in [3.8, 4) is 11.5 Å². The number of piperidine rings is 1. The van der Waals surface area contributed by atoms with Crippen LogP contribution in [-0.2, 0) is 4.79 Å². The Morgan fingerprint density at radius 1 is 1.11 bits per heavy atom. The van der Waals surface area contributed by atoms with Crippen LogP contribution in [0.4, 0.5) is 4.39 Å². The van der Waals surface area contributed by atoms with Gasteiger partial charge in [0.05, 0.1) is 26.2 Å². The molecule has 1 heterocycles. The molecule has 27 heavy (non-hydrogen) atoms. The number of carboxylic acids is 1. The third-order valence-electron chi connectivity index (χ3n) is 5.16. The van der Waals surface area contributed by atoms with Gasteiger partial charge in [0.25, 0.3) is 0 Å². The number of hydrogen-bond donors (Lipinski definition) is 1. The van der Waals surface area contributed by atoms with Crippen LogP contribution >= 0.6 is 0 Å². The van der Waals surface area contributed by atoms with E-state index in [1.54, 1.807) is 26.4 Å². The number of para-hydroxylation sites is 1. The summed E-state index contributed by atoms with van der Waals surface area (Å²) in [4.78, 5) is 13.5. The number of halogens is 1. The molecule has 1 atom stereocenters. The minimum atomic E-state index is -0.744. The highest BCUT2D eigenvalue weighted by molar-refractivity contribution is 5.70. The van der Waals surface area contributed by atoms with Gasteiger partial charge in [-0.2, -0.15) is 0 Å². The lowest BCUT2D eigenvalue weighted by molar-refractivity contribution is -0.143. The SMILES string of the molecule is COc1cccc(C(c2ccc(F)cc2)N2CCC(C(=O)O)CC2)c1OC. The van der Waals surface area contributed by atoms with Crippen LogP contribution in [0.3, 0.4) is 0 Å². The molecule has 1 unspecified atom stereocenters. The Labute approximate surface area is 158 Å². The maximum absolute atomic E-state index is 13.5. The van der Waals surface area contributed by atoms with Crippen molar-refractivity contribution in [2.45, 2.75) is 18.9 Å². The molecule has 1 saturated heterocycles. The largest absolute Gasteiger partial charge is 0.493 e. The van der Waals surface area contributed by atoms with E-state index in [4.69, 9.17) is 9.47 Å². The van der Waals surface area contributed by atoms with E-state index in [1.807, 2.05) is 18.2 Å². The van der Waals surface area contributed by atoms with Gasteiger partial charge in [0, 0.05) is 5.56 Å². The molecular weight excluding hydrogens is 349 g/mol. The summed E-state index contributed by atoms with van der Waals surface area (Å²) in [7, 11) is 3.19. The van der Waals surface area contributed by atoms with E-state index < -0.39 is 5.97 Å². The Kier molecular flexibility index (Phi) is 5.96. The van der Waals surface area contributed by atoms with Crippen LogP contribution in [0.25, 0.3) is 0 Å².